The Morgan fingerprint density at radius 1 is 1.32 bits per heavy atom. The molecule has 0 aliphatic heterocycles. The fraction of sp³-hybridized carbons (Fsp3) is 0.200. The number of benzene rings is 1. The smallest absolute Gasteiger partial charge is 0.337 e. The molecular weight excluding hydrogens is 308 g/mol. The van der Waals surface area contributed by atoms with Crippen LogP contribution in [0.15, 0.2) is 47.1 Å². The van der Waals surface area contributed by atoms with E-state index >= 15 is 0 Å². The zero-order chi connectivity index (χ0) is 16.2. The molecule has 0 radical (unpaired) electrons. The summed E-state index contributed by atoms with van der Waals surface area (Å²) in [5.41, 5.74) is -0.847. The predicted molar refractivity (Wildman–Crippen MR) is 80.5 cm³/mol. The van der Waals surface area contributed by atoms with Crippen molar-refractivity contribution < 1.29 is 19.1 Å². The standard InChI is InChI=1S/C15H15ClN2O4/c1-15(13(19)20,12-6-3-7-22-12)18-14(21)17-9-10-4-2-5-11(16)8-10/h2-8H,9H2,1H3,(H,19,20)(H2,17,18,21). The molecule has 7 heteroatoms. The number of amides is 2. The van der Waals surface area contributed by atoms with Crippen molar-refractivity contribution in [1.29, 1.82) is 0 Å². The van der Waals surface area contributed by atoms with Crippen molar-refractivity contribution in [2.45, 2.75) is 19.0 Å². The molecule has 1 heterocycles. The van der Waals surface area contributed by atoms with Gasteiger partial charge in [-0.2, -0.15) is 0 Å². The van der Waals surface area contributed by atoms with Gasteiger partial charge in [0.05, 0.1) is 6.26 Å². The number of hydrogen-bond donors (Lipinski definition) is 3. The van der Waals surface area contributed by atoms with E-state index in [4.69, 9.17) is 16.0 Å². The van der Waals surface area contributed by atoms with Crippen LogP contribution >= 0.6 is 11.6 Å². The number of aliphatic carboxylic acids is 1. The molecule has 1 atom stereocenters. The lowest BCUT2D eigenvalue weighted by atomic mass is 9.99. The first-order valence-corrected chi connectivity index (χ1v) is 6.87. The van der Waals surface area contributed by atoms with E-state index in [2.05, 4.69) is 10.6 Å². The quantitative estimate of drug-likeness (QED) is 0.789. The maximum Gasteiger partial charge on any atom is 0.337 e. The van der Waals surface area contributed by atoms with E-state index in [1.54, 1.807) is 30.3 Å². The summed E-state index contributed by atoms with van der Waals surface area (Å²) in [5, 5.41) is 14.9. The lowest BCUT2D eigenvalue weighted by molar-refractivity contribution is -0.144. The summed E-state index contributed by atoms with van der Waals surface area (Å²) in [6.07, 6.45) is 1.35. The van der Waals surface area contributed by atoms with Crippen LogP contribution in [0, 0.1) is 0 Å². The monoisotopic (exact) mass is 322 g/mol. The highest BCUT2D eigenvalue weighted by Crippen LogP contribution is 2.21. The van der Waals surface area contributed by atoms with Crippen molar-refractivity contribution >= 4 is 23.6 Å². The Morgan fingerprint density at radius 2 is 2.09 bits per heavy atom. The van der Waals surface area contributed by atoms with Crippen molar-refractivity contribution in [3.63, 3.8) is 0 Å². The predicted octanol–water partition coefficient (Wildman–Crippen LogP) is 2.73. The van der Waals surface area contributed by atoms with Gasteiger partial charge in [0.1, 0.15) is 5.76 Å². The molecule has 3 N–H and O–H groups in total. The van der Waals surface area contributed by atoms with E-state index in [1.165, 1.54) is 19.3 Å². The molecule has 2 aromatic rings. The van der Waals surface area contributed by atoms with E-state index in [0.717, 1.165) is 5.56 Å². The largest absolute Gasteiger partial charge is 0.479 e. The van der Waals surface area contributed by atoms with E-state index in [9.17, 15) is 14.7 Å². The Kier molecular flexibility index (Phi) is 4.72. The van der Waals surface area contributed by atoms with Crippen LogP contribution < -0.4 is 10.6 Å². The maximum atomic E-state index is 12.0. The van der Waals surface area contributed by atoms with Gasteiger partial charge in [-0.1, -0.05) is 23.7 Å². The van der Waals surface area contributed by atoms with Crippen molar-refractivity contribution in [3.05, 3.63) is 59.0 Å². The molecule has 0 spiro atoms. The van der Waals surface area contributed by atoms with Crippen LogP contribution in [0.4, 0.5) is 4.79 Å². The second-order valence-corrected chi connectivity index (χ2v) is 5.28. The van der Waals surface area contributed by atoms with Gasteiger partial charge >= 0.3 is 12.0 Å². The highest BCUT2D eigenvalue weighted by molar-refractivity contribution is 6.30. The molecule has 0 bridgehead atoms. The number of halogens is 1. The van der Waals surface area contributed by atoms with Gasteiger partial charge in [-0.25, -0.2) is 9.59 Å². The zero-order valence-electron chi connectivity index (χ0n) is 11.8. The minimum absolute atomic E-state index is 0.137. The minimum atomic E-state index is -1.65. The normalized spacial score (nSPS) is 13.2. The van der Waals surface area contributed by atoms with Crippen molar-refractivity contribution in [3.8, 4) is 0 Å². The first-order chi connectivity index (χ1) is 10.4. The molecule has 0 aliphatic rings. The summed E-state index contributed by atoms with van der Waals surface area (Å²) in [6, 6.07) is 9.43. The number of carboxylic acids is 1. The van der Waals surface area contributed by atoms with Crippen LogP contribution in [0.1, 0.15) is 18.2 Å². The first kappa shape index (κ1) is 15.9. The Morgan fingerprint density at radius 3 is 2.68 bits per heavy atom. The Hall–Kier alpha value is -2.47. The number of hydrogen-bond acceptors (Lipinski definition) is 3. The van der Waals surface area contributed by atoms with Gasteiger partial charge in [-0.05, 0) is 36.8 Å². The third-order valence-electron chi connectivity index (χ3n) is 3.15. The third kappa shape index (κ3) is 3.59. The summed E-state index contributed by atoms with van der Waals surface area (Å²) in [7, 11) is 0. The van der Waals surface area contributed by atoms with Crippen molar-refractivity contribution in [2.24, 2.45) is 0 Å². The molecule has 0 aliphatic carbocycles. The SMILES string of the molecule is CC(NC(=O)NCc1cccc(Cl)c1)(C(=O)O)c1ccco1. The van der Waals surface area contributed by atoms with E-state index < -0.39 is 17.5 Å². The lowest BCUT2D eigenvalue weighted by Gasteiger charge is -2.24. The van der Waals surface area contributed by atoms with Gasteiger partial charge in [-0.15, -0.1) is 0 Å². The molecule has 22 heavy (non-hydrogen) atoms. The van der Waals surface area contributed by atoms with E-state index in [0.29, 0.717) is 5.02 Å². The van der Waals surface area contributed by atoms with Crippen molar-refractivity contribution in [1.82, 2.24) is 10.6 Å². The molecule has 1 unspecified atom stereocenters. The number of rotatable bonds is 5. The third-order valence-corrected chi connectivity index (χ3v) is 3.38. The molecule has 1 aromatic carbocycles. The van der Waals surface area contributed by atoms with Crippen LogP contribution in [-0.2, 0) is 16.9 Å². The topological polar surface area (TPSA) is 91.6 Å². The molecule has 1 aromatic heterocycles. The van der Waals surface area contributed by atoms with Gasteiger partial charge < -0.3 is 20.2 Å². The van der Waals surface area contributed by atoms with Crippen molar-refractivity contribution in [2.75, 3.05) is 0 Å². The highest BCUT2D eigenvalue weighted by Gasteiger charge is 2.39. The number of urea groups is 1. The molecule has 0 fully saturated rings. The number of carboxylic acid groups (broad SMARTS) is 1. The second-order valence-electron chi connectivity index (χ2n) is 4.85. The fourth-order valence-corrected chi connectivity index (χ4v) is 2.10. The number of furan rings is 1. The molecule has 116 valence electrons. The van der Waals surface area contributed by atoms with Crippen LogP contribution in [0.2, 0.25) is 5.02 Å². The summed E-state index contributed by atoms with van der Waals surface area (Å²) in [5.74, 6) is -1.08. The van der Waals surface area contributed by atoms with Gasteiger partial charge in [0.2, 0.25) is 0 Å². The molecule has 2 rings (SSSR count). The van der Waals surface area contributed by atoms with Gasteiger partial charge in [-0.3, -0.25) is 0 Å². The molecule has 2 amide bonds. The highest BCUT2D eigenvalue weighted by atomic mass is 35.5. The van der Waals surface area contributed by atoms with E-state index in [-0.39, 0.29) is 12.3 Å². The number of carbonyl (C=O) groups is 2. The fourth-order valence-electron chi connectivity index (χ4n) is 1.88. The Bertz CT molecular complexity index is 672. The Balaban J connectivity index is 2.02. The number of carbonyl (C=O) groups excluding carboxylic acids is 1. The molecular formula is C15H15ClN2O4. The van der Waals surface area contributed by atoms with E-state index in [1.807, 2.05) is 0 Å². The maximum absolute atomic E-state index is 12.0. The Labute approximate surface area is 132 Å². The van der Waals surface area contributed by atoms with Crippen LogP contribution in [0.25, 0.3) is 0 Å². The second kappa shape index (κ2) is 6.53. The average molecular weight is 323 g/mol. The summed E-state index contributed by atoms with van der Waals surface area (Å²) in [4.78, 5) is 23.4. The summed E-state index contributed by atoms with van der Waals surface area (Å²) < 4.78 is 5.10. The molecule has 6 nitrogen and oxygen atoms in total. The summed E-state index contributed by atoms with van der Waals surface area (Å²) >= 11 is 5.86. The van der Waals surface area contributed by atoms with Gasteiger partial charge in [0.25, 0.3) is 0 Å². The zero-order valence-corrected chi connectivity index (χ0v) is 12.6. The first-order valence-electron chi connectivity index (χ1n) is 6.49. The number of nitrogens with one attached hydrogen (secondary N) is 2. The summed E-state index contributed by atoms with van der Waals surface area (Å²) in [6.45, 7) is 1.58. The molecule has 0 saturated heterocycles. The van der Waals surface area contributed by atoms with Gasteiger partial charge in [0, 0.05) is 11.6 Å². The van der Waals surface area contributed by atoms with Gasteiger partial charge in [0.15, 0.2) is 5.54 Å². The lowest BCUT2D eigenvalue weighted by Crippen LogP contribution is -2.52. The van der Waals surface area contributed by atoms with Crippen LogP contribution in [-0.4, -0.2) is 17.1 Å². The average Bonchev–Trinajstić information content (AvgIpc) is 2.99. The molecule has 0 saturated carbocycles. The van der Waals surface area contributed by atoms with Crippen LogP contribution in [0.5, 0.6) is 0 Å². The minimum Gasteiger partial charge on any atom is -0.479 e. The van der Waals surface area contributed by atoms with Crippen LogP contribution in [0.3, 0.4) is 0 Å².